The smallest absolute Gasteiger partial charge is 0.294 e. The van der Waals surface area contributed by atoms with Crippen molar-refractivity contribution in [2.24, 2.45) is 0 Å². The highest BCUT2D eigenvalue weighted by atomic mass is 127. The lowest BCUT2D eigenvalue weighted by Gasteiger charge is -2.11. The number of carbonyl (C=O) groups excluding carboxylic acids is 1. The van der Waals surface area contributed by atoms with E-state index in [1.807, 2.05) is 0 Å². The molecule has 0 amide bonds. The molecule has 0 fully saturated rings. The van der Waals surface area contributed by atoms with Crippen molar-refractivity contribution in [1.82, 2.24) is 0 Å². The summed E-state index contributed by atoms with van der Waals surface area (Å²) in [6.45, 7) is 0.969. The zero-order valence-corrected chi connectivity index (χ0v) is 9.61. The first-order chi connectivity index (χ1) is 6.73. The number of Topliss-reactive ketones (excluding diaryl/α,β-unsaturated/α-hetero) is 1. The van der Waals surface area contributed by atoms with Crippen LogP contribution in [0.3, 0.4) is 0 Å². The average Bonchev–Trinajstić information content (AvgIpc) is 2.06. The minimum Gasteiger partial charge on any atom is -0.294 e. The van der Waals surface area contributed by atoms with Crippen molar-refractivity contribution in [3.8, 4) is 0 Å². The quantitative estimate of drug-likeness (QED) is 0.436. The number of hydrogen-bond donors (Lipinski definition) is 0. The van der Waals surface area contributed by atoms with E-state index >= 15 is 0 Å². The van der Waals surface area contributed by atoms with E-state index in [0.29, 0.717) is 12.1 Å². The van der Waals surface area contributed by atoms with Crippen LogP contribution in [0, 0.1) is 9.39 Å². The molecule has 0 aliphatic rings. The lowest BCUT2D eigenvalue weighted by atomic mass is 10.0. The summed E-state index contributed by atoms with van der Waals surface area (Å²) in [6.07, 6.45) is -4.64. The predicted molar refractivity (Wildman–Crippen MR) is 54.1 cm³/mol. The van der Waals surface area contributed by atoms with Crippen LogP contribution in [-0.4, -0.2) is 5.78 Å². The van der Waals surface area contributed by atoms with Gasteiger partial charge in [-0.1, -0.05) is 0 Å². The molecule has 6 heteroatoms. The van der Waals surface area contributed by atoms with Gasteiger partial charge in [0.1, 0.15) is 5.82 Å². The Morgan fingerprint density at radius 2 is 1.87 bits per heavy atom. The number of benzene rings is 1. The molecule has 0 saturated heterocycles. The summed E-state index contributed by atoms with van der Waals surface area (Å²) in [5.41, 5.74) is -1.73. The summed E-state index contributed by atoms with van der Waals surface area (Å²) < 4.78 is 50.1. The summed E-state index contributed by atoms with van der Waals surface area (Å²) in [6, 6.07) is 1.25. The molecular weight excluding hydrogens is 327 g/mol. The highest BCUT2D eigenvalue weighted by Gasteiger charge is 2.35. The third-order valence-corrected chi connectivity index (χ3v) is 2.57. The van der Waals surface area contributed by atoms with Gasteiger partial charge in [-0.05, 0) is 41.6 Å². The number of halogens is 5. The van der Waals surface area contributed by atoms with E-state index in [4.69, 9.17) is 0 Å². The summed E-state index contributed by atoms with van der Waals surface area (Å²) in [5, 5.41) is 0. The Hall–Kier alpha value is -0.660. The monoisotopic (exact) mass is 332 g/mol. The van der Waals surface area contributed by atoms with Crippen LogP contribution >= 0.6 is 22.6 Å². The van der Waals surface area contributed by atoms with Gasteiger partial charge in [0.25, 0.3) is 0 Å². The highest BCUT2D eigenvalue weighted by Crippen LogP contribution is 2.34. The van der Waals surface area contributed by atoms with Gasteiger partial charge in [-0.15, -0.1) is 0 Å². The molecule has 1 aromatic carbocycles. The largest absolute Gasteiger partial charge is 0.417 e. The van der Waals surface area contributed by atoms with Crippen molar-refractivity contribution in [2.45, 2.75) is 13.1 Å². The normalized spacial score (nSPS) is 11.6. The summed E-state index contributed by atoms with van der Waals surface area (Å²) in [4.78, 5) is 10.9. The Morgan fingerprint density at radius 3 is 2.27 bits per heavy atom. The molecule has 0 N–H and O–H groups in total. The van der Waals surface area contributed by atoms with E-state index in [-0.39, 0.29) is 3.57 Å². The van der Waals surface area contributed by atoms with Gasteiger partial charge in [-0.3, -0.25) is 4.79 Å². The van der Waals surface area contributed by atoms with Gasteiger partial charge in [-0.25, -0.2) is 4.39 Å². The maximum absolute atomic E-state index is 13.0. The van der Waals surface area contributed by atoms with Crippen LogP contribution in [0.4, 0.5) is 17.6 Å². The zero-order valence-electron chi connectivity index (χ0n) is 7.45. The third-order valence-electron chi connectivity index (χ3n) is 1.75. The zero-order chi connectivity index (χ0) is 11.8. The van der Waals surface area contributed by atoms with E-state index in [2.05, 4.69) is 0 Å². The summed E-state index contributed by atoms with van der Waals surface area (Å²) in [5.74, 6) is -1.63. The van der Waals surface area contributed by atoms with Crippen LogP contribution in [0.1, 0.15) is 22.8 Å². The van der Waals surface area contributed by atoms with Crippen LogP contribution in [0.2, 0.25) is 0 Å². The first-order valence-corrected chi connectivity index (χ1v) is 4.88. The van der Waals surface area contributed by atoms with Crippen LogP contribution < -0.4 is 0 Å². The third kappa shape index (κ3) is 2.67. The maximum Gasteiger partial charge on any atom is 0.417 e. The molecule has 1 rings (SSSR count). The van der Waals surface area contributed by atoms with Crippen LogP contribution in [0.5, 0.6) is 0 Å². The van der Waals surface area contributed by atoms with Gasteiger partial charge >= 0.3 is 6.18 Å². The van der Waals surface area contributed by atoms with Crippen molar-refractivity contribution in [3.63, 3.8) is 0 Å². The topological polar surface area (TPSA) is 17.1 Å². The highest BCUT2D eigenvalue weighted by molar-refractivity contribution is 14.1. The Labute approximate surface area is 96.6 Å². The second kappa shape index (κ2) is 4.07. The van der Waals surface area contributed by atoms with Gasteiger partial charge < -0.3 is 0 Å². The van der Waals surface area contributed by atoms with Crippen LogP contribution in [-0.2, 0) is 6.18 Å². The van der Waals surface area contributed by atoms with Gasteiger partial charge in [0, 0.05) is 9.13 Å². The second-order valence-electron chi connectivity index (χ2n) is 2.87. The van der Waals surface area contributed by atoms with Crippen molar-refractivity contribution in [1.29, 1.82) is 0 Å². The molecule has 0 aliphatic heterocycles. The second-order valence-corrected chi connectivity index (χ2v) is 4.03. The molecule has 0 spiro atoms. The Bertz CT molecular complexity index is 411. The van der Waals surface area contributed by atoms with Crippen molar-refractivity contribution in [2.75, 3.05) is 0 Å². The molecule has 0 unspecified atom stereocenters. The average molecular weight is 332 g/mol. The Morgan fingerprint density at radius 1 is 1.33 bits per heavy atom. The molecule has 82 valence electrons. The Kier molecular flexibility index (Phi) is 3.37. The van der Waals surface area contributed by atoms with E-state index in [0.717, 1.165) is 6.92 Å². The molecule has 15 heavy (non-hydrogen) atoms. The molecule has 0 radical (unpaired) electrons. The summed E-state index contributed by atoms with van der Waals surface area (Å²) >= 11 is 1.44. The predicted octanol–water partition coefficient (Wildman–Crippen LogP) is 3.65. The molecule has 0 aromatic heterocycles. The lowest BCUT2D eigenvalue weighted by Crippen LogP contribution is -2.13. The maximum atomic E-state index is 13.0. The molecule has 1 aromatic rings. The fourth-order valence-corrected chi connectivity index (χ4v) is 1.54. The molecule has 0 bridgehead atoms. The SMILES string of the molecule is CC(=O)c1cc(F)c(I)cc1C(F)(F)F. The van der Waals surface area contributed by atoms with Crippen LogP contribution in [0.25, 0.3) is 0 Å². The molecule has 0 saturated carbocycles. The van der Waals surface area contributed by atoms with E-state index < -0.39 is 28.9 Å². The van der Waals surface area contributed by atoms with Crippen molar-refractivity contribution < 1.29 is 22.4 Å². The number of alkyl halides is 3. The summed E-state index contributed by atoms with van der Waals surface area (Å²) in [7, 11) is 0. The van der Waals surface area contributed by atoms with Gasteiger partial charge in [0.2, 0.25) is 0 Å². The minimum absolute atomic E-state index is 0.162. The number of ketones is 1. The fraction of sp³-hybridized carbons (Fsp3) is 0.222. The number of hydrogen-bond acceptors (Lipinski definition) is 1. The first kappa shape index (κ1) is 12.4. The van der Waals surface area contributed by atoms with Crippen molar-refractivity contribution in [3.05, 3.63) is 32.6 Å². The van der Waals surface area contributed by atoms with E-state index in [1.165, 1.54) is 22.6 Å². The number of rotatable bonds is 1. The van der Waals surface area contributed by atoms with E-state index in [1.54, 1.807) is 0 Å². The first-order valence-electron chi connectivity index (χ1n) is 3.80. The standard InChI is InChI=1S/C9H5F4IO/c1-4(15)5-2-7(10)8(14)3-6(5)9(11,12)13/h2-3H,1H3. The fourth-order valence-electron chi connectivity index (χ4n) is 1.07. The molecule has 1 nitrogen and oxygen atoms in total. The molecular formula is C9H5F4IO. The lowest BCUT2D eigenvalue weighted by molar-refractivity contribution is -0.138. The Balaban J connectivity index is 3.49. The van der Waals surface area contributed by atoms with Gasteiger partial charge in [0.15, 0.2) is 5.78 Å². The minimum atomic E-state index is -4.64. The van der Waals surface area contributed by atoms with E-state index in [9.17, 15) is 22.4 Å². The molecule has 0 aliphatic carbocycles. The number of carbonyl (C=O) groups is 1. The molecule has 0 atom stereocenters. The van der Waals surface area contributed by atoms with Crippen LogP contribution in [0.15, 0.2) is 12.1 Å². The molecule has 0 heterocycles. The van der Waals surface area contributed by atoms with Gasteiger partial charge in [0.05, 0.1) is 5.56 Å². The van der Waals surface area contributed by atoms with Crippen molar-refractivity contribution >= 4 is 28.4 Å². The van der Waals surface area contributed by atoms with Gasteiger partial charge in [-0.2, -0.15) is 13.2 Å².